The number of carbonyl (C=O) groups excluding carboxylic acids is 2. The predicted molar refractivity (Wildman–Crippen MR) is 109 cm³/mol. The quantitative estimate of drug-likeness (QED) is 0.266. The maximum Gasteiger partial charge on any atom is 0.379 e. The van der Waals surface area contributed by atoms with Crippen LogP contribution >= 0.6 is 0 Å². The first kappa shape index (κ1) is 20.7. The minimum Gasteiger partial charge on any atom is -0.493 e. The number of hydrogen-bond acceptors (Lipinski definition) is 7. The van der Waals surface area contributed by atoms with Crippen LogP contribution in [-0.2, 0) is 11.2 Å². The molecular formula is C22H20N2O6. The van der Waals surface area contributed by atoms with Gasteiger partial charge in [0.15, 0.2) is 11.5 Å². The van der Waals surface area contributed by atoms with Gasteiger partial charge in [0.05, 0.1) is 33.1 Å². The highest BCUT2D eigenvalue weighted by atomic mass is 16.5. The Labute approximate surface area is 173 Å². The molecule has 1 amide bonds. The van der Waals surface area contributed by atoms with Crippen molar-refractivity contribution in [1.29, 1.82) is 0 Å². The minimum atomic E-state index is -0.580. The van der Waals surface area contributed by atoms with Crippen molar-refractivity contribution in [3.63, 3.8) is 0 Å². The summed E-state index contributed by atoms with van der Waals surface area (Å²) >= 11 is 0. The van der Waals surface area contributed by atoms with Crippen LogP contribution in [-0.4, -0.2) is 32.3 Å². The summed E-state index contributed by atoms with van der Waals surface area (Å²) in [5.41, 5.74) is 3.96. The smallest absolute Gasteiger partial charge is 0.379 e. The number of nitrogens with one attached hydrogen (secondary N) is 1. The van der Waals surface area contributed by atoms with Crippen molar-refractivity contribution in [2.24, 2.45) is 5.10 Å². The molecule has 30 heavy (non-hydrogen) atoms. The van der Waals surface area contributed by atoms with E-state index in [0.29, 0.717) is 17.2 Å². The molecule has 0 saturated carbocycles. The third kappa shape index (κ3) is 5.48. The van der Waals surface area contributed by atoms with Gasteiger partial charge in [-0.05, 0) is 59.7 Å². The molecule has 0 radical (unpaired) electrons. The van der Waals surface area contributed by atoms with Crippen molar-refractivity contribution in [3.05, 3.63) is 77.7 Å². The summed E-state index contributed by atoms with van der Waals surface area (Å²) in [6.07, 6.45) is 3.03. The van der Waals surface area contributed by atoms with Crippen molar-refractivity contribution < 1.29 is 28.2 Å². The molecule has 0 unspecified atom stereocenters. The Bertz CT molecular complexity index is 1030. The number of methoxy groups -OCH3 is 2. The first-order chi connectivity index (χ1) is 14.6. The van der Waals surface area contributed by atoms with Crippen LogP contribution in [0.25, 0.3) is 0 Å². The molecule has 0 spiro atoms. The third-order valence-corrected chi connectivity index (χ3v) is 4.03. The molecule has 0 atom stereocenters. The Hall–Kier alpha value is -4.07. The maximum absolute atomic E-state index is 12.1. The number of esters is 1. The van der Waals surface area contributed by atoms with Crippen LogP contribution in [0.4, 0.5) is 0 Å². The van der Waals surface area contributed by atoms with Crippen LogP contribution in [0.1, 0.15) is 21.7 Å². The van der Waals surface area contributed by atoms with E-state index >= 15 is 0 Å². The third-order valence-electron chi connectivity index (χ3n) is 4.03. The number of hydrogen-bond donors (Lipinski definition) is 1. The molecule has 8 heteroatoms. The lowest BCUT2D eigenvalue weighted by Crippen LogP contribution is -2.19. The number of amides is 1. The minimum absolute atomic E-state index is 0.123. The van der Waals surface area contributed by atoms with Crippen molar-refractivity contribution in [2.45, 2.75) is 6.42 Å². The van der Waals surface area contributed by atoms with Crippen molar-refractivity contribution in [2.75, 3.05) is 14.2 Å². The molecule has 3 rings (SSSR count). The van der Waals surface area contributed by atoms with Crippen LogP contribution in [0.15, 0.2) is 70.4 Å². The highest BCUT2D eigenvalue weighted by Crippen LogP contribution is 2.27. The molecular weight excluding hydrogens is 388 g/mol. The van der Waals surface area contributed by atoms with Crippen LogP contribution in [0.2, 0.25) is 0 Å². The number of hydrazone groups is 1. The highest BCUT2D eigenvalue weighted by molar-refractivity contribution is 5.88. The predicted octanol–water partition coefficient (Wildman–Crippen LogP) is 3.21. The fraction of sp³-hybridized carbons (Fsp3) is 0.136. The average Bonchev–Trinajstić information content (AvgIpc) is 3.30. The molecule has 0 aliphatic heterocycles. The summed E-state index contributed by atoms with van der Waals surface area (Å²) in [5.74, 6) is 0.785. The molecule has 8 nitrogen and oxygen atoms in total. The number of ether oxygens (including phenoxy) is 3. The van der Waals surface area contributed by atoms with Gasteiger partial charge in [0.2, 0.25) is 11.7 Å². The van der Waals surface area contributed by atoms with Gasteiger partial charge in [0.1, 0.15) is 5.75 Å². The van der Waals surface area contributed by atoms with E-state index in [0.717, 1.165) is 11.1 Å². The average molecular weight is 408 g/mol. The molecule has 0 aliphatic rings. The fourth-order valence-corrected chi connectivity index (χ4v) is 2.57. The van der Waals surface area contributed by atoms with Gasteiger partial charge in [-0.15, -0.1) is 0 Å². The Balaban J connectivity index is 1.51. The zero-order chi connectivity index (χ0) is 21.3. The number of rotatable bonds is 8. The van der Waals surface area contributed by atoms with Gasteiger partial charge in [-0.25, -0.2) is 10.2 Å². The van der Waals surface area contributed by atoms with Crippen LogP contribution in [0, 0.1) is 0 Å². The van der Waals surface area contributed by atoms with E-state index in [1.807, 2.05) is 0 Å². The van der Waals surface area contributed by atoms with Gasteiger partial charge in [-0.3, -0.25) is 4.79 Å². The van der Waals surface area contributed by atoms with Gasteiger partial charge in [-0.1, -0.05) is 6.07 Å². The second-order valence-corrected chi connectivity index (χ2v) is 6.10. The van der Waals surface area contributed by atoms with Crippen LogP contribution in [0.5, 0.6) is 17.2 Å². The Kier molecular flexibility index (Phi) is 6.83. The monoisotopic (exact) mass is 408 g/mol. The SMILES string of the molecule is COc1ccc(CC(=O)N/N=C\c2ccc(OC(=O)c3ccco3)cc2)cc1OC. The molecule has 154 valence electrons. The van der Waals surface area contributed by atoms with Gasteiger partial charge < -0.3 is 18.6 Å². The normalized spacial score (nSPS) is 10.6. The van der Waals surface area contributed by atoms with Gasteiger partial charge >= 0.3 is 5.97 Å². The first-order valence-electron chi connectivity index (χ1n) is 8.97. The molecule has 1 N–H and O–H groups in total. The van der Waals surface area contributed by atoms with Gasteiger partial charge in [-0.2, -0.15) is 5.10 Å². The van der Waals surface area contributed by atoms with Crippen LogP contribution in [0.3, 0.4) is 0 Å². The lowest BCUT2D eigenvalue weighted by molar-refractivity contribution is -0.120. The van der Waals surface area contributed by atoms with E-state index in [1.54, 1.807) is 55.6 Å². The Morgan fingerprint density at radius 3 is 2.47 bits per heavy atom. The number of nitrogens with zero attached hydrogens (tertiary/aromatic N) is 1. The zero-order valence-corrected chi connectivity index (χ0v) is 16.5. The summed E-state index contributed by atoms with van der Waals surface area (Å²) in [6, 6.07) is 15.0. The molecule has 0 bridgehead atoms. The first-order valence-corrected chi connectivity index (χ1v) is 8.97. The Morgan fingerprint density at radius 2 is 1.80 bits per heavy atom. The van der Waals surface area contributed by atoms with Crippen molar-refractivity contribution >= 4 is 18.1 Å². The van der Waals surface area contributed by atoms with Crippen molar-refractivity contribution in [1.82, 2.24) is 5.43 Å². The van der Waals surface area contributed by atoms with Crippen LogP contribution < -0.4 is 19.6 Å². The van der Waals surface area contributed by atoms with E-state index in [2.05, 4.69) is 10.5 Å². The molecule has 0 saturated heterocycles. The van der Waals surface area contributed by atoms with E-state index in [-0.39, 0.29) is 18.1 Å². The van der Waals surface area contributed by atoms with E-state index in [9.17, 15) is 9.59 Å². The van der Waals surface area contributed by atoms with E-state index < -0.39 is 5.97 Å². The summed E-state index contributed by atoms with van der Waals surface area (Å²) in [4.78, 5) is 23.9. The molecule has 2 aromatic carbocycles. The number of furan rings is 1. The summed E-state index contributed by atoms with van der Waals surface area (Å²) in [5, 5.41) is 3.94. The number of carbonyl (C=O) groups is 2. The molecule has 3 aromatic rings. The summed E-state index contributed by atoms with van der Waals surface area (Å²) < 4.78 is 20.6. The fourth-order valence-electron chi connectivity index (χ4n) is 2.57. The van der Waals surface area contributed by atoms with E-state index in [1.165, 1.54) is 25.7 Å². The Morgan fingerprint density at radius 1 is 1.03 bits per heavy atom. The topological polar surface area (TPSA) is 99.4 Å². The molecule has 1 heterocycles. The van der Waals surface area contributed by atoms with E-state index in [4.69, 9.17) is 18.6 Å². The second kappa shape index (κ2) is 9.92. The largest absolute Gasteiger partial charge is 0.493 e. The second-order valence-electron chi connectivity index (χ2n) is 6.10. The van der Waals surface area contributed by atoms with Crippen molar-refractivity contribution in [3.8, 4) is 17.2 Å². The standard InChI is InChI=1S/C22H20N2O6/c1-27-18-10-7-16(12-20(18)28-2)13-21(25)24-23-14-15-5-8-17(9-6-15)30-22(26)19-4-3-11-29-19/h3-12,14H,13H2,1-2H3,(H,24,25)/b23-14-. The zero-order valence-electron chi connectivity index (χ0n) is 16.5. The highest BCUT2D eigenvalue weighted by Gasteiger charge is 2.11. The molecule has 0 aliphatic carbocycles. The van der Waals surface area contributed by atoms with Gasteiger partial charge in [0, 0.05) is 0 Å². The maximum atomic E-state index is 12.1. The lowest BCUT2D eigenvalue weighted by Gasteiger charge is -2.09. The summed E-state index contributed by atoms with van der Waals surface area (Å²) in [7, 11) is 3.09. The van der Waals surface area contributed by atoms with Gasteiger partial charge in [0.25, 0.3) is 0 Å². The number of benzene rings is 2. The summed E-state index contributed by atoms with van der Waals surface area (Å²) in [6.45, 7) is 0. The molecule has 1 aromatic heterocycles. The molecule has 0 fully saturated rings. The lowest BCUT2D eigenvalue weighted by atomic mass is 10.1.